The van der Waals surface area contributed by atoms with E-state index in [0.29, 0.717) is 13.0 Å². The maximum absolute atomic E-state index is 12.3. The van der Waals surface area contributed by atoms with Crippen LogP contribution in [0.3, 0.4) is 0 Å². The van der Waals surface area contributed by atoms with Gasteiger partial charge in [0.15, 0.2) is 0 Å². The van der Waals surface area contributed by atoms with Gasteiger partial charge in [-0.1, -0.05) is 30.3 Å². The molecule has 0 saturated heterocycles. The summed E-state index contributed by atoms with van der Waals surface area (Å²) in [5.74, 6) is -1.88. The first-order valence-electron chi connectivity index (χ1n) is 7.35. The second-order valence-electron chi connectivity index (χ2n) is 5.42. The summed E-state index contributed by atoms with van der Waals surface area (Å²) in [6.45, 7) is 0.323. The fourth-order valence-electron chi connectivity index (χ4n) is 2.71. The minimum Gasteiger partial charge on any atom is -0.478 e. The largest absolute Gasteiger partial charge is 0.478 e. The van der Waals surface area contributed by atoms with Gasteiger partial charge >= 0.3 is 5.97 Å². The molecule has 2 aromatic carbocycles. The van der Waals surface area contributed by atoms with Crippen molar-refractivity contribution < 1.29 is 19.5 Å². The first kappa shape index (κ1) is 15.0. The third kappa shape index (κ3) is 2.85. The molecule has 2 aromatic rings. The van der Waals surface area contributed by atoms with Crippen molar-refractivity contribution >= 4 is 17.8 Å². The van der Waals surface area contributed by atoms with E-state index in [4.69, 9.17) is 5.11 Å². The quantitative estimate of drug-likeness (QED) is 0.862. The number of imide groups is 1. The molecule has 5 nitrogen and oxygen atoms in total. The zero-order valence-electron chi connectivity index (χ0n) is 12.4. The number of fused-ring (bicyclic) bond motifs is 1. The zero-order valence-corrected chi connectivity index (χ0v) is 12.4. The molecule has 0 unspecified atom stereocenters. The Labute approximate surface area is 133 Å². The van der Waals surface area contributed by atoms with Crippen molar-refractivity contribution in [3.8, 4) is 0 Å². The number of carboxylic acids is 1. The van der Waals surface area contributed by atoms with Crippen LogP contribution in [0, 0.1) is 0 Å². The maximum Gasteiger partial charge on any atom is 0.335 e. The molecule has 1 N–H and O–H groups in total. The van der Waals surface area contributed by atoms with Gasteiger partial charge in [-0.3, -0.25) is 14.5 Å². The van der Waals surface area contributed by atoms with E-state index < -0.39 is 11.9 Å². The van der Waals surface area contributed by atoms with Gasteiger partial charge in [-0.05, 0) is 36.6 Å². The van der Waals surface area contributed by atoms with Crippen LogP contribution in [-0.2, 0) is 6.42 Å². The molecule has 0 saturated carbocycles. The van der Waals surface area contributed by atoms with Gasteiger partial charge in [0.05, 0.1) is 16.7 Å². The number of hydrogen-bond donors (Lipinski definition) is 1. The summed E-state index contributed by atoms with van der Waals surface area (Å²) in [7, 11) is 0. The molecule has 0 aromatic heterocycles. The van der Waals surface area contributed by atoms with Gasteiger partial charge in [0, 0.05) is 6.54 Å². The number of carbonyl (C=O) groups excluding carboxylic acids is 2. The van der Waals surface area contributed by atoms with E-state index in [1.807, 2.05) is 30.3 Å². The average molecular weight is 309 g/mol. The fourth-order valence-corrected chi connectivity index (χ4v) is 2.71. The van der Waals surface area contributed by atoms with E-state index in [9.17, 15) is 14.4 Å². The van der Waals surface area contributed by atoms with Crippen molar-refractivity contribution in [1.29, 1.82) is 0 Å². The predicted molar refractivity (Wildman–Crippen MR) is 83.5 cm³/mol. The number of aryl methyl sites for hydroxylation is 1. The van der Waals surface area contributed by atoms with Gasteiger partial charge in [-0.25, -0.2) is 4.79 Å². The topological polar surface area (TPSA) is 74.7 Å². The van der Waals surface area contributed by atoms with Gasteiger partial charge in [-0.2, -0.15) is 0 Å². The Morgan fingerprint density at radius 3 is 2.35 bits per heavy atom. The molecule has 0 fully saturated rings. The predicted octanol–water partition coefficient (Wildman–Crippen LogP) is 2.61. The molecule has 0 spiro atoms. The number of nitrogens with zero attached hydrogens (tertiary/aromatic N) is 1. The van der Waals surface area contributed by atoms with Crippen LogP contribution < -0.4 is 0 Å². The number of benzene rings is 2. The Balaban J connectivity index is 1.71. The SMILES string of the molecule is O=C(O)c1ccc2c(c1)C(=O)N(CCCc1ccccc1)C2=O. The van der Waals surface area contributed by atoms with Crippen molar-refractivity contribution in [2.24, 2.45) is 0 Å². The van der Waals surface area contributed by atoms with E-state index in [0.717, 1.165) is 12.0 Å². The minimum atomic E-state index is -1.12. The molecule has 0 atom stereocenters. The van der Waals surface area contributed by atoms with Crippen LogP contribution in [0.5, 0.6) is 0 Å². The normalized spacial score (nSPS) is 13.3. The number of rotatable bonds is 5. The Bertz CT molecular complexity index is 783. The summed E-state index contributed by atoms with van der Waals surface area (Å²) in [6.07, 6.45) is 1.44. The van der Waals surface area contributed by atoms with Crippen LogP contribution in [0.25, 0.3) is 0 Å². The monoisotopic (exact) mass is 309 g/mol. The molecule has 116 valence electrons. The summed E-state index contributed by atoms with van der Waals surface area (Å²) in [6, 6.07) is 13.9. The smallest absolute Gasteiger partial charge is 0.335 e. The summed E-state index contributed by atoms with van der Waals surface area (Å²) >= 11 is 0. The van der Waals surface area contributed by atoms with E-state index in [-0.39, 0.29) is 22.6 Å². The number of amides is 2. The molecule has 0 aliphatic carbocycles. The van der Waals surface area contributed by atoms with Crippen molar-refractivity contribution in [2.45, 2.75) is 12.8 Å². The molecule has 23 heavy (non-hydrogen) atoms. The number of aromatic carboxylic acids is 1. The number of carboxylic acid groups (broad SMARTS) is 1. The average Bonchev–Trinajstić information content (AvgIpc) is 2.80. The van der Waals surface area contributed by atoms with Gasteiger partial charge in [-0.15, -0.1) is 0 Å². The molecule has 5 heteroatoms. The molecule has 3 rings (SSSR count). The van der Waals surface area contributed by atoms with Crippen LogP contribution in [0.1, 0.15) is 43.1 Å². The maximum atomic E-state index is 12.3. The molecule has 1 aliphatic heterocycles. The van der Waals surface area contributed by atoms with E-state index in [1.54, 1.807) is 0 Å². The Kier molecular flexibility index (Phi) is 3.93. The Morgan fingerprint density at radius 1 is 0.957 bits per heavy atom. The fraction of sp³-hybridized carbons (Fsp3) is 0.167. The summed E-state index contributed by atoms with van der Waals surface area (Å²) in [5.41, 5.74) is 1.61. The highest BCUT2D eigenvalue weighted by molar-refractivity contribution is 6.21. The first-order chi connectivity index (χ1) is 11.1. The van der Waals surface area contributed by atoms with Crippen LogP contribution >= 0.6 is 0 Å². The molecule has 0 bridgehead atoms. The Hall–Kier alpha value is -2.95. The highest BCUT2D eigenvalue weighted by Gasteiger charge is 2.35. The summed E-state index contributed by atoms with van der Waals surface area (Å²) in [5, 5.41) is 8.99. The van der Waals surface area contributed by atoms with Gasteiger partial charge < -0.3 is 5.11 Å². The lowest BCUT2D eigenvalue weighted by molar-refractivity contribution is 0.0650. The number of hydrogen-bond acceptors (Lipinski definition) is 3. The van der Waals surface area contributed by atoms with E-state index in [1.165, 1.54) is 23.1 Å². The van der Waals surface area contributed by atoms with Crippen LogP contribution in [0.2, 0.25) is 0 Å². The molecule has 0 radical (unpaired) electrons. The van der Waals surface area contributed by atoms with Gasteiger partial charge in [0.2, 0.25) is 0 Å². The lowest BCUT2D eigenvalue weighted by Crippen LogP contribution is -2.30. The first-order valence-corrected chi connectivity index (χ1v) is 7.35. The van der Waals surface area contributed by atoms with Gasteiger partial charge in [0.1, 0.15) is 0 Å². The molecule has 2 amide bonds. The molecule has 1 heterocycles. The van der Waals surface area contributed by atoms with Crippen LogP contribution in [0.4, 0.5) is 0 Å². The number of carbonyl (C=O) groups is 3. The lowest BCUT2D eigenvalue weighted by Gasteiger charge is -2.13. The third-order valence-electron chi connectivity index (χ3n) is 3.91. The van der Waals surface area contributed by atoms with Crippen molar-refractivity contribution in [3.05, 3.63) is 70.8 Å². The second kappa shape index (κ2) is 6.04. The lowest BCUT2D eigenvalue weighted by atomic mass is 10.1. The Morgan fingerprint density at radius 2 is 1.65 bits per heavy atom. The summed E-state index contributed by atoms with van der Waals surface area (Å²) < 4.78 is 0. The third-order valence-corrected chi connectivity index (χ3v) is 3.91. The molecular formula is C18H15NO4. The molecular weight excluding hydrogens is 294 g/mol. The second-order valence-corrected chi connectivity index (χ2v) is 5.42. The van der Waals surface area contributed by atoms with Crippen LogP contribution in [-0.4, -0.2) is 34.3 Å². The highest BCUT2D eigenvalue weighted by atomic mass is 16.4. The highest BCUT2D eigenvalue weighted by Crippen LogP contribution is 2.24. The van der Waals surface area contributed by atoms with E-state index in [2.05, 4.69) is 0 Å². The standard InChI is InChI=1S/C18H15NO4/c20-16-14-9-8-13(18(22)23)11-15(14)17(21)19(16)10-4-7-12-5-2-1-3-6-12/h1-3,5-6,8-9,11H,4,7,10H2,(H,22,23). The van der Waals surface area contributed by atoms with Crippen molar-refractivity contribution in [3.63, 3.8) is 0 Å². The minimum absolute atomic E-state index is 0.0102. The van der Waals surface area contributed by atoms with Crippen molar-refractivity contribution in [1.82, 2.24) is 4.90 Å². The van der Waals surface area contributed by atoms with Crippen molar-refractivity contribution in [2.75, 3.05) is 6.54 Å². The van der Waals surface area contributed by atoms with Gasteiger partial charge in [0.25, 0.3) is 11.8 Å². The molecule has 1 aliphatic rings. The summed E-state index contributed by atoms with van der Waals surface area (Å²) in [4.78, 5) is 36.8. The zero-order chi connectivity index (χ0) is 16.4. The van der Waals surface area contributed by atoms with Crippen LogP contribution in [0.15, 0.2) is 48.5 Å². The van der Waals surface area contributed by atoms with E-state index >= 15 is 0 Å².